The number of halogens is 1. The minimum atomic E-state index is -0.280. The molecule has 0 unspecified atom stereocenters. The smallest absolute Gasteiger partial charge is 0.225 e. The number of nitrogens with zero attached hydrogens (tertiary/aromatic N) is 4. The van der Waals surface area contributed by atoms with Gasteiger partial charge in [-0.2, -0.15) is 10.1 Å². The molecule has 4 aromatic rings. The highest BCUT2D eigenvalue weighted by Gasteiger charge is 2.28. The predicted octanol–water partition coefficient (Wildman–Crippen LogP) is 5.18. The van der Waals surface area contributed by atoms with Crippen molar-refractivity contribution in [3.8, 4) is 5.69 Å². The van der Waals surface area contributed by atoms with Crippen molar-refractivity contribution in [1.29, 1.82) is 0 Å². The van der Waals surface area contributed by atoms with Crippen LogP contribution in [0.4, 0.5) is 9.52 Å². The molecule has 34 heavy (non-hydrogen) atoms. The van der Waals surface area contributed by atoms with Gasteiger partial charge < -0.3 is 10.2 Å². The number of anilines is 1. The number of aryl methyl sites for hydroxylation is 1. The average molecular weight is 496 g/mol. The highest BCUT2D eigenvalue weighted by Crippen LogP contribution is 2.34. The van der Waals surface area contributed by atoms with Gasteiger partial charge in [0.05, 0.1) is 22.0 Å². The first-order valence-electron chi connectivity index (χ1n) is 11.3. The normalized spacial score (nSPS) is 16.2. The van der Waals surface area contributed by atoms with Gasteiger partial charge in [-0.1, -0.05) is 23.5 Å². The summed E-state index contributed by atoms with van der Waals surface area (Å²) in [6.45, 7) is 4.02. The van der Waals surface area contributed by atoms with E-state index in [1.807, 2.05) is 6.92 Å². The molecule has 5 rings (SSSR count). The fourth-order valence-corrected chi connectivity index (χ4v) is 5.69. The van der Waals surface area contributed by atoms with Crippen LogP contribution in [-0.2, 0) is 11.3 Å². The Balaban J connectivity index is 1.29. The molecule has 1 atom stereocenters. The Morgan fingerprint density at radius 3 is 2.71 bits per heavy atom. The van der Waals surface area contributed by atoms with Crippen molar-refractivity contribution in [2.45, 2.75) is 31.2 Å². The maximum absolute atomic E-state index is 13.4. The van der Waals surface area contributed by atoms with E-state index in [2.05, 4.69) is 45.8 Å². The summed E-state index contributed by atoms with van der Waals surface area (Å²) in [5.74, 6) is -0.258. The van der Waals surface area contributed by atoms with Gasteiger partial charge in [0, 0.05) is 24.5 Å². The fourth-order valence-electron chi connectivity index (χ4n) is 4.26. The molecule has 1 aliphatic rings. The third kappa shape index (κ3) is 4.67. The lowest BCUT2D eigenvalue weighted by Crippen LogP contribution is -2.43. The SMILES string of the molecule is CSc1ccc(CNC(=O)[C@@H]2CCCN(c3nc4c(s3)c(C)nn4-c3ccc(F)cc3)C2)cc1. The summed E-state index contributed by atoms with van der Waals surface area (Å²) >= 11 is 3.31. The zero-order valence-electron chi connectivity index (χ0n) is 19.1. The molecule has 0 aliphatic carbocycles. The number of benzene rings is 2. The third-order valence-electron chi connectivity index (χ3n) is 6.14. The van der Waals surface area contributed by atoms with E-state index in [9.17, 15) is 9.18 Å². The molecular formula is C25H26FN5OS2. The van der Waals surface area contributed by atoms with Crippen LogP contribution >= 0.6 is 23.1 Å². The standard InChI is InChI=1S/C25H26FN5OS2/c1-16-22-23(31(29-16)20-9-7-19(26)8-10-20)28-25(34-22)30-13-3-4-18(15-30)24(32)27-14-17-5-11-21(33-2)12-6-17/h5-12,18H,3-4,13-15H2,1-2H3,(H,27,32)/t18-/m1/s1. The molecule has 0 bridgehead atoms. The second kappa shape index (κ2) is 9.76. The second-order valence-corrected chi connectivity index (χ2v) is 10.3. The maximum atomic E-state index is 13.4. The van der Waals surface area contributed by atoms with Gasteiger partial charge >= 0.3 is 0 Å². The first-order chi connectivity index (χ1) is 16.5. The maximum Gasteiger partial charge on any atom is 0.225 e. The van der Waals surface area contributed by atoms with Crippen molar-refractivity contribution in [3.05, 3.63) is 65.6 Å². The summed E-state index contributed by atoms with van der Waals surface area (Å²) in [6.07, 6.45) is 3.87. The van der Waals surface area contributed by atoms with E-state index < -0.39 is 0 Å². The van der Waals surface area contributed by atoms with Gasteiger partial charge in [0.2, 0.25) is 5.91 Å². The number of hydrogen-bond donors (Lipinski definition) is 1. The minimum absolute atomic E-state index is 0.0686. The third-order valence-corrected chi connectivity index (χ3v) is 8.09. The largest absolute Gasteiger partial charge is 0.352 e. The van der Waals surface area contributed by atoms with Crippen LogP contribution in [0, 0.1) is 18.7 Å². The molecule has 0 radical (unpaired) electrons. The zero-order valence-corrected chi connectivity index (χ0v) is 20.8. The molecule has 6 nitrogen and oxygen atoms in total. The highest BCUT2D eigenvalue weighted by molar-refractivity contribution is 7.98. The Morgan fingerprint density at radius 2 is 1.97 bits per heavy atom. The summed E-state index contributed by atoms with van der Waals surface area (Å²) in [6, 6.07) is 14.5. The fraction of sp³-hybridized carbons (Fsp3) is 0.320. The van der Waals surface area contributed by atoms with Gasteiger partial charge in [-0.05, 0) is 68.0 Å². The summed E-state index contributed by atoms with van der Waals surface area (Å²) in [4.78, 5) is 21.2. The number of hydrogen-bond acceptors (Lipinski definition) is 6. The summed E-state index contributed by atoms with van der Waals surface area (Å²) in [5.41, 5.74) is 3.54. The number of carbonyl (C=O) groups excluding carboxylic acids is 1. The molecule has 1 aliphatic heterocycles. The number of carbonyl (C=O) groups is 1. The lowest BCUT2D eigenvalue weighted by atomic mass is 9.97. The number of aromatic nitrogens is 3. The van der Waals surface area contributed by atoms with E-state index in [0.717, 1.165) is 51.8 Å². The summed E-state index contributed by atoms with van der Waals surface area (Å²) in [7, 11) is 0. The Labute approximate surface area is 206 Å². The molecule has 1 amide bonds. The van der Waals surface area contributed by atoms with E-state index in [1.54, 1.807) is 39.9 Å². The molecule has 1 saturated heterocycles. The van der Waals surface area contributed by atoms with Crippen LogP contribution in [0.1, 0.15) is 24.1 Å². The highest BCUT2D eigenvalue weighted by atomic mass is 32.2. The van der Waals surface area contributed by atoms with Gasteiger partial charge in [0.1, 0.15) is 5.82 Å². The number of nitrogens with one attached hydrogen (secondary N) is 1. The second-order valence-electron chi connectivity index (χ2n) is 8.47. The first kappa shape index (κ1) is 22.9. The number of piperidine rings is 1. The van der Waals surface area contributed by atoms with Crippen LogP contribution in [0.25, 0.3) is 16.0 Å². The van der Waals surface area contributed by atoms with Crippen LogP contribution in [0.2, 0.25) is 0 Å². The molecule has 1 N–H and O–H groups in total. The van der Waals surface area contributed by atoms with Gasteiger partial charge in [0.25, 0.3) is 0 Å². The van der Waals surface area contributed by atoms with Crippen molar-refractivity contribution in [3.63, 3.8) is 0 Å². The number of thiazole rings is 1. The molecule has 9 heteroatoms. The predicted molar refractivity (Wildman–Crippen MR) is 136 cm³/mol. The molecule has 1 fully saturated rings. The van der Waals surface area contributed by atoms with E-state index in [4.69, 9.17) is 4.98 Å². The van der Waals surface area contributed by atoms with Crippen LogP contribution in [0.5, 0.6) is 0 Å². The Morgan fingerprint density at radius 1 is 1.21 bits per heavy atom. The molecule has 176 valence electrons. The van der Waals surface area contributed by atoms with E-state index in [-0.39, 0.29) is 17.6 Å². The van der Waals surface area contributed by atoms with Gasteiger partial charge in [-0.25, -0.2) is 9.07 Å². The van der Waals surface area contributed by atoms with Crippen LogP contribution in [0.15, 0.2) is 53.4 Å². The van der Waals surface area contributed by atoms with Gasteiger partial charge in [-0.15, -0.1) is 11.8 Å². The minimum Gasteiger partial charge on any atom is -0.352 e. The van der Waals surface area contributed by atoms with Crippen molar-refractivity contribution >= 4 is 44.5 Å². The van der Waals surface area contributed by atoms with Gasteiger partial charge in [0.15, 0.2) is 10.8 Å². The Bertz CT molecular complexity index is 1300. The van der Waals surface area contributed by atoms with Crippen molar-refractivity contribution in [2.75, 3.05) is 24.2 Å². The Hall–Kier alpha value is -2.91. The van der Waals surface area contributed by atoms with E-state index in [1.165, 1.54) is 17.0 Å². The summed E-state index contributed by atoms with van der Waals surface area (Å²) < 4.78 is 16.1. The first-order valence-corrected chi connectivity index (χ1v) is 13.3. The van der Waals surface area contributed by atoms with Crippen LogP contribution < -0.4 is 10.2 Å². The lowest BCUT2D eigenvalue weighted by molar-refractivity contribution is -0.125. The Kier molecular flexibility index (Phi) is 6.56. The molecule has 3 heterocycles. The number of fused-ring (bicyclic) bond motifs is 1. The topological polar surface area (TPSA) is 63.1 Å². The molecule has 2 aromatic heterocycles. The molecule has 0 saturated carbocycles. The van der Waals surface area contributed by atoms with Crippen molar-refractivity contribution in [1.82, 2.24) is 20.1 Å². The molecular weight excluding hydrogens is 469 g/mol. The molecule has 0 spiro atoms. The quantitative estimate of drug-likeness (QED) is 0.373. The van der Waals surface area contributed by atoms with E-state index >= 15 is 0 Å². The van der Waals surface area contributed by atoms with Crippen molar-refractivity contribution in [2.24, 2.45) is 5.92 Å². The van der Waals surface area contributed by atoms with Gasteiger partial charge in [-0.3, -0.25) is 4.79 Å². The average Bonchev–Trinajstić information content (AvgIpc) is 3.44. The number of amides is 1. The summed E-state index contributed by atoms with van der Waals surface area (Å²) in [5, 5.41) is 8.61. The zero-order chi connectivity index (χ0) is 23.7. The monoisotopic (exact) mass is 495 g/mol. The lowest BCUT2D eigenvalue weighted by Gasteiger charge is -2.31. The van der Waals surface area contributed by atoms with Crippen LogP contribution in [-0.4, -0.2) is 40.0 Å². The van der Waals surface area contributed by atoms with E-state index in [0.29, 0.717) is 13.1 Å². The number of rotatable bonds is 6. The van der Waals surface area contributed by atoms with Crippen molar-refractivity contribution < 1.29 is 9.18 Å². The molecule has 2 aromatic carbocycles. The van der Waals surface area contributed by atoms with Crippen LogP contribution in [0.3, 0.4) is 0 Å². The number of thioether (sulfide) groups is 1.